The van der Waals surface area contributed by atoms with Crippen LogP contribution in [0.4, 0.5) is 11.5 Å². The fourth-order valence-corrected chi connectivity index (χ4v) is 3.01. The maximum absolute atomic E-state index is 12.5. The van der Waals surface area contributed by atoms with Gasteiger partial charge in [-0.2, -0.15) is 4.31 Å². The predicted octanol–water partition coefficient (Wildman–Crippen LogP) is 1.31. The van der Waals surface area contributed by atoms with Crippen LogP contribution in [-0.2, 0) is 14.8 Å². The van der Waals surface area contributed by atoms with Crippen LogP contribution in [0.1, 0.15) is 12.7 Å². The molecule has 2 N–H and O–H groups in total. The Morgan fingerprint density at radius 1 is 1.30 bits per heavy atom. The highest BCUT2D eigenvalue weighted by atomic mass is 32.2. The molecule has 0 fully saturated rings. The van der Waals surface area contributed by atoms with Crippen LogP contribution < -0.4 is 10.0 Å². The monoisotopic (exact) mass is 295 g/mol. The lowest BCUT2D eigenvalue weighted by atomic mass is 10.3. The summed E-state index contributed by atoms with van der Waals surface area (Å²) in [6, 6.07) is 6.91. The second kappa shape index (κ2) is 4.97. The fraction of sp³-hybridized carbons (Fsp3) is 0.167. The van der Waals surface area contributed by atoms with Gasteiger partial charge in [0.1, 0.15) is 5.76 Å². The van der Waals surface area contributed by atoms with E-state index in [1.54, 1.807) is 6.92 Å². The summed E-state index contributed by atoms with van der Waals surface area (Å²) >= 11 is 0. The standard InChI is InChI=1S/C12H13N3O4S/c1-8-7-12(14-19-8)15(9(2)16)20(17,18)11-5-3-10(13)4-6-11/h3-7H,13H2,1-2H3. The van der Waals surface area contributed by atoms with Crippen molar-refractivity contribution in [2.75, 3.05) is 10.0 Å². The molecule has 0 aliphatic rings. The van der Waals surface area contributed by atoms with Crippen LogP contribution in [0.25, 0.3) is 0 Å². The summed E-state index contributed by atoms with van der Waals surface area (Å²) in [5.41, 5.74) is 5.94. The predicted molar refractivity (Wildman–Crippen MR) is 72.4 cm³/mol. The number of amides is 1. The second-order valence-electron chi connectivity index (χ2n) is 4.15. The molecule has 8 heteroatoms. The molecule has 0 saturated heterocycles. The smallest absolute Gasteiger partial charge is 0.272 e. The first-order valence-corrected chi connectivity index (χ1v) is 7.11. The van der Waals surface area contributed by atoms with Gasteiger partial charge in [0.15, 0.2) is 5.82 Å². The molecule has 0 unspecified atom stereocenters. The lowest BCUT2D eigenvalue weighted by Gasteiger charge is -2.17. The lowest BCUT2D eigenvalue weighted by molar-refractivity contribution is -0.115. The molecule has 1 amide bonds. The summed E-state index contributed by atoms with van der Waals surface area (Å²) in [6.45, 7) is 2.74. The maximum atomic E-state index is 12.5. The van der Waals surface area contributed by atoms with Gasteiger partial charge in [0.2, 0.25) is 5.91 Å². The van der Waals surface area contributed by atoms with E-state index in [1.807, 2.05) is 0 Å². The number of carbonyl (C=O) groups is 1. The van der Waals surface area contributed by atoms with Crippen molar-refractivity contribution >= 4 is 27.4 Å². The number of aryl methyl sites for hydroxylation is 1. The third-order valence-electron chi connectivity index (χ3n) is 2.53. The molecule has 2 aromatic rings. The number of aromatic nitrogens is 1. The molecule has 0 atom stereocenters. The Balaban J connectivity index is 2.53. The van der Waals surface area contributed by atoms with Gasteiger partial charge in [-0.1, -0.05) is 5.16 Å². The van der Waals surface area contributed by atoms with E-state index in [2.05, 4.69) is 5.16 Å². The first kappa shape index (κ1) is 14.1. The van der Waals surface area contributed by atoms with E-state index >= 15 is 0 Å². The van der Waals surface area contributed by atoms with Gasteiger partial charge in [-0.25, -0.2) is 8.42 Å². The molecule has 1 aromatic carbocycles. The number of nitrogens with two attached hydrogens (primary N) is 1. The largest absolute Gasteiger partial charge is 0.399 e. The number of sulfonamides is 1. The quantitative estimate of drug-likeness (QED) is 0.855. The van der Waals surface area contributed by atoms with E-state index in [1.165, 1.54) is 30.3 Å². The fourth-order valence-electron chi connectivity index (χ4n) is 1.65. The lowest BCUT2D eigenvalue weighted by Crippen LogP contribution is -2.35. The Morgan fingerprint density at radius 2 is 1.90 bits per heavy atom. The van der Waals surface area contributed by atoms with Crippen molar-refractivity contribution in [3.05, 3.63) is 36.1 Å². The van der Waals surface area contributed by atoms with Crippen molar-refractivity contribution in [3.8, 4) is 0 Å². The second-order valence-corrected chi connectivity index (χ2v) is 5.94. The molecule has 7 nitrogen and oxygen atoms in total. The summed E-state index contributed by atoms with van der Waals surface area (Å²) in [5.74, 6) is -0.360. The Morgan fingerprint density at radius 3 is 2.35 bits per heavy atom. The molecule has 106 valence electrons. The number of rotatable bonds is 3. The van der Waals surface area contributed by atoms with E-state index in [4.69, 9.17) is 10.3 Å². The number of hydrogen-bond donors (Lipinski definition) is 1. The zero-order valence-corrected chi connectivity index (χ0v) is 11.7. The van der Waals surface area contributed by atoms with E-state index in [0.717, 1.165) is 6.92 Å². The highest BCUT2D eigenvalue weighted by Crippen LogP contribution is 2.24. The van der Waals surface area contributed by atoms with Crippen LogP contribution in [0.2, 0.25) is 0 Å². The summed E-state index contributed by atoms with van der Waals surface area (Å²) in [6.07, 6.45) is 0. The highest BCUT2D eigenvalue weighted by Gasteiger charge is 2.30. The van der Waals surface area contributed by atoms with E-state index < -0.39 is 15.9 Å². The Labute approximate surface area is 116 Å². The van der Waals surface area contributed by atoms with E-state index in [-0.39, 0.29) is 10.7 Å². The zero-order chi connectivity index (χ0) is 14.9. The minimum atomic E-state index is -4.05. The third-order valence-corrected chi connectivity index (χ3v) is 4.32. The molecule has 20 heavy (non-hydrogen) atoms. The van der Waals surface area contributed by atoms with E-state index in [0.29, 0.717) is 15.8 Å². The third kappa shape index (κ3) is 2.50. The minimum Gasteiger partial charge on any atom is -0.399 e. The summed E-state index contributed by atoms with van der Waals surface area (Å²) in [5, 5.41) is 3.57. The molecule has 2 rings (SSSR count). The molecule has 0 aliphatic heterocycles. The van der Waals surface area contributed by atoms with Crippen LogP contribution >= 0.6 is 0 Å². The van der Waals surface area contributed by atoms with Crippen molar-refractivity contribution < 1.29 is 17.7 Å². The maximum Gasteiger partial charge on any atom is 0.272 e. The summed E-state index contributed by atoms with van der Waals surface area (Å²) in [7, 11) is -4.05. The zero-order valence-electron chi connectivity index (χ0n) is 10.9. The van der Waals surface area contributed by atoms with Crippen molar-refractivity contribution in [1.82, 2.24) is 5.16 Å². The molecule has 0 bridgehead atoms. The summed E-state index contributed by atoms with van der Waals surface area (Å²) in [4.78, 5) is 11.6. The first-order valence-electron chi connectivity index (χ1n) is 5.67. The number of hydrogen-bond acceptors (Lipinski definition) is 6. The normalized spacial score (nSPS) is 11.3. The average Bonchev–Trinajstić information content (AvgIpc) is 2.75. The van der Waals surface area contributed by atoms with Gasteiger partial charge in [0.05, 0.1) is 4.90 Å². The number of benzene rings is 1. The van der Waals surface area contributed by atoms with Gasteiger partial charge in [0.25, 0.3) is 10.0 Å². The van der Waals surface area contributed by atoms with Crippen LogP contribution in [-0.4, -0.2) is 19.5 Å². The van der Waals surface area contributed by atoms with Gasteiger partial charge in [-0.3, -0.25) is 4.79 Å². The molecule has 0 aliphatic carbocycles. The van der Waals surface area contributed by atoms with Crippen LogP contribution in [0.15, 0.2) is 39.8 Å². The van der Waals surface area contributed by atoms with Gasteiger partial charge in [-0.15, -0.1) is 0 Å². The molecule has 1 heterocycles. The number of carbonyl (C=O) groups excluding carboxylic acids is 1. The summed E-state index contributed by atoms with van der Waals surface area (Å²) < 4.78 is 30.4. The molecule has 0 saturated carbocycles. The molecular weight excluding hydrogens is 282 g/mol. The van der Waals surface area contributed by atoms with Crippen molar-refractivity contribution in [1.29, 1.82) is 0 Å². The van der Waals surface area contributed by atoms with Crippen molar-refractivity contribution in [2.45, 2.75) is 18.7 Å². The van der Waals surface area contributed by atoms with Gasteiger partial charge in [-0.05, 0) is 31.2 Å². The number of nitrogens with zero attached hydrogens (tertiary/aromatic N) is 2. The van der Waals surface area contributed by atoms with Crippen LogP contribution in [0.3, 0.4) is 0 Å². The van der Waals surface area contributed by atoms with Crippen molar-refractivity contribution in [2.24, 2.45) is 0 Å². The van der Waals surface area contributed by atoms with Crippen LogP contribution in [0.5, 0.6) is 0 Å². The molecule has 0 radical (unpaired) electrons. The molecular formula is C12H13N3O4S. The number of anilines is 2. The van der Waals surface area contributed by atoms with Crippen molar-refractivity contribution in [3.63, 3.8) is 0 Å². The minimum absolute atomic E-state index is 0.0532. The first-order chi connectivity index (χ1) is 9.32. The van der Waals surface area contributed by atoms with Gasteiger partial charge < -0.3 is 10.3 Å². The Kier molecular flexibility index (Phi) is 3.49. The number of nitrogen functional groups attached to an aromatic ring is 1. The SMILES string of the molecule is CC(=O)N(c1cc(C)on1)S(=O)(=O)c1ccc(N)cc1. The average molecular weight is 295 g/mol. The highest BCUT2D eigenvalue weighted by molar-refractivity contribution is 7.93. The molecule has 0 spiro atoms. The topological polar surface area (TPSA) is 106 Å². The Hall–Kier alpha value is -2.35. The molecule has 1 aromatic heterocycles. The Bertz CT molecular complexity index is 734. The van der Waals surface area contributed by atoms with Gasteiger partial charge >= 0.3 is 0 Å². The van der Waals surface area contributed by atoms with Gasteiger partial charge in [0, 0.05) is 18.7 Å². The van der Waals surface area contributed by atoms with E-state index in [9.17, 15) is 13.2 Å². The van der Waals surface area contributed by atoms with Crippen LogP contribution in [0, 0.1) is 6.92 Å².